The molecule has 0 saturated carbocycles. The van der Waals surface area contributed by atoms with Crippen LogP contribution in [0.5, 0.6) is 5.75 Å². The molecule has 1 fully saturated rings. The molecule has 0 aliphatic carbocycles. The van der Waals surface area contributed by atoms with Crippen molar-refractivity contribution in [2.45, 2.75) is 30.8 Å². The van der Waals surface area contributed by atoms with Crippen LogP contribution in [0.25, 0.3) is 0 Å². The second kappa shape index (κ2) is 12.8. The van der Waals surface area contributed by atoms with Crippen LogP contribution in [0.1, 0.15) is 24.0 Å². The molecule has 2 N–H and O–H groups in total. The summed E-state index contributed by atoms with van der Waals surface area (Å²) in [7, 11) is -1.67. The zero-order valence-electron chi connectivity index (χ0n) is 18.3. The quantitative estimate of drug-likeness (QED) is 0.209. The Balaban J connectivity index is 0.00000363. The largest absolute Gasteiger partial charge is 0.489 e. The van der Waals surface area contributed by atoms with Gasteiger partial charge in [-0.1, -0.05) is 43.0 Å². The number of nitrogens with one attached hydrogen (secondary N) is 2. The lowest BCUT2D eigenvalue weighted by atomic mass is 10.2. The number of para-hydroxylation sites is 1. The molecule has 2 aromatic carbocycles. The highest BCUT2D eigenvalue weighted by atomic mass is 127. The van der Waals surface area contributed by atoms with E-state index in [0.29, 0.717) is 43.6 Å². The second-order valence-electron chi connectivity index (χ2n) is 7.24. The van der Waals surface area contributed by atoms with E-state index in [9.17, 15) is 8.42 Å². The van der Waals surface area contributed by atoms with Gasteiger partial charge in [0.15, 0.2) is 5.96 Å². The summed E-state index contributed by atoms with van der Waals surface area (Å²) in [6, 6.07) is 14.8. The van der Waals surface area contributed by atoms with E-state index in [2.05, 4.69) is 22.2 Å². The fourth-order valence-corrected chi connectivity index (χ4v) is 4.90. The number of nitrogens with zero attached hydrogens (tertiary/aromatic N) is 2. The Kier molecular flexibility index (Phi) is 10.5. The Labute approximate surface area is 208 Å². The van der Waals surface area contributed by atoms with Gasteiger partial charge in [0, 0.05) is 38.8 Å². The molecular formula is C23H31IN4O3S. The van der Waals surface area contributed by atoms with Crippen LogP contribution in [0.3, 0.4) is 0 Å². The average Bonchev–Trinajstić information content (AvgIpc) is 3.35. The topological polar surface area (TPSA) is 83.0 Å². The number of aliphatic imine (C=N–C) groups is 1. The van der Waals surface area contributed by atoms with Gasteiger partial charge in [-0.05, 0) is 36.6 Å². The summed E-state index contributed by atoms with van der Waals surface area (Å²) in [6.45, 7) is 6.43. The summed E-state index contributed by atoms with van der Waals surface area (Å²) >= 11 is 0. The smallest absolute Gasteiger partial charge is 0.243 e. The summed E-state index contributed by atoms with van der Waals surface area (Å²) in [5.41, 5.74) is 1.99. The maximum Gasteiger partial charge on any atom is 0.243 e. The van der Waals surface area contributed by atoms with Gasteiger partial charge in [-0.15, -0.1) is 24.0 Å². The highest BCUT2D eigenvalue weighted by Crippen LogP contribution is 2.21. The number of guanidine groups is 1. The lowest BCUT2D eigenvalue weighted by Gasteiger charge is -2.16. The molecule has 0 aromatic heterocycles. The van der Waals surface area contributed by atoms with Crippen LogP contribution in [0.2, 0.25) is 0 Å². The SMILES string of the molecule is C=CCOc1ccccc1CNC(=NC)NCc1ccc(S(=O)(=O)N2CCCC2)cc1.I. The summed E-state index contributed by atoms with van der Waals surface area (Å²) in [4.78, 5) is 4.60. The predicted molar refractivity (Wildman–Crippen MR) is 139 cm³/mol. The van der Waals surface area contributed by atoms with E-state index in [0.717, 1.165) is 29.7 Å². The van der Waals surface area contributed by atoms with Crippen molar-refractivity contribution in [1.82, 2.24) is 14.9 Å². The fraction of sp³-hybridized carbons (Fsp3) is 0.348. The Hall–Kier alpha value is -2.11. The normalized spacial score (nSPS) is 14.5. The van der Waals surface area contributed by atoms with Gasteiger partial charge >= 0.3 is 0 Å². The molecule has 1 aliphatic rings. The fourth-order valence-electron chi connectivity index (χ4n) is 3.38. The number of halogens is 1. The monoisotopic (exact) mass is 570 g/mol. The molecule has 0 atom stereocenters. The molecule has 0 radical (unpaired) electrons. The summed E-state index contributed by atoms with van der Waals surface area (Å²) in [5, 5.41) is 6.53. The van der Waals surface area contributed by atoms with Gasteiger partial charge in [0.1, 0.15) is 12.4 Å². The van der Waals surface area contributed by atoms with E-state index in [1.54, 1.807) is 29.6 Å². The minimum Gasteiger partial charge on any atom is -0.489 e. The van der Waals surface area contributed by atoms with Crippen molar-refractivity contribution in [1.29, 1.82) is 0 Å². The van der Waals surface area contributed by atoms with E-state index >= 15 is 0 Å². The molecule has 1 aliphatic heterocycles. The third-order valence-electron chi connectivity index (χ3n) is 5.09. The van der Waals surface area contributed by atoms with Crippen molar-refractivity contribution < 1.29 is 13.2 Å². The minimum atomic E-state index is -3.38. The molecule has 3 rings (SSSR count). The number of sulfonamides is 1. The Morgan fingerprint density at radius 1 is 1.09 bits per heavy atom. The van der Waals surface area contributed by atoms with E-state index in [1.165, 1.54) is 0 Å². The number of hydrogen-bond acceptors (Lipinski definition) is 4. The number of hydrogen-bond donors (Lipinski definition) is 2. The van der Waals surface area contributed by atoms with Crippen molar-refractivity contribution in [2.75, 3.05) is 26.7 Å². The molecule has 0 unspecified atom stereocenters. The Bertz CT molecular complexity index is 1000. The van der Waals surface area contributed by atoms with Crippen LogP contribution < -0.4 is 15.4 Å². The van der Waals surface area contributed by atoms with Gasteiger partial charge in [0.2, 0.25) is 10.0 Å². The van der Waals surface area contributed by atoms with Crippen molar-refractivity contribution in [3.05, 3.63) is 72.3 Å². The maximum atomic E-state index is 12.6. The lowest BCUT2D eigenvalue weighted by molar-refractivity contribution is 0.358. The van der Waals surface area contributed by atoms with E-state index in [-0.39, 0.29) is 24.0 Å². The first-order chi connectivity index (χ1) is 15.0. The molecule has 9 heteroatoms. The van der Waals surface area contributed by atoms with Gasteiger partial charge in [0.25, 0.3) is 0 Å². The van der Waals surface area contributed by atoms with Crippen LogP contribution in [0.4, 0.5) is 0 Å². The molecule has 2 aromatic rings. The first-order valence-electron chi connectivity index (χ1n) is 10.4. The molecule has 0 amide bonds. The van der Waals surface area contributed by atoms with Gasteiger partial charge in [0.05, 0.1) is 4.90 Å². The highest BCUT2D eigenvalue weighted by Gasteiger charge is 2.26. The molecule has 1 heterocycles. The first kappa shape index (κ1) is 26.1. The van der Waals surface area contributed by atoms with E-state index in [1.807, 2.05) is 36.4 Å². The van der Waals surface area contributed by atoms with Crippen molar-refractivity contribution >= 4 is 40.0 Å². The Morgan fingerprint density at radius 2 is 1.75 bits per heavy atom. The van der Waals surface area contributed by atoms with Crippen molar-refractivity contribution in [3.8, 4) is 5.75 Å². The minimum absolute atomic E-state index is 0. The van der Waals surface area contributed by atoms with Crippen LogP contribution in [-0.4, -0.2) is 45.4 Å². The van der Waals surface area contributed by atoms with E-state index in [4.69, 9.17) is 4.74 Å². The summed E-state index contributed by atoms with van der Waals surface area (Å²) in [5.74, 6) is 1.45. The van der Waals surface area contributed by atoms with Gasteiger partial charge < -0.3 is 15.4 Å². The second-order valence-corrected chi connectivity index (χ2v) is 9.18. The molecular weight excluding hydrogens is 539 g/mol. The van der Waals surface area contributed by atoms with Crippen LogP contribution in [0, 0.1) is 0 Å². The first-order valence-corrected chi connectivity index (χ1v) is 11.8. The molecule has 1 saturated heterocycles. The summed E-state index contributed by atoms with van der Waals surface area (Å²) < 4.78 is 32.5. The third-order valence-corrected chi connectivity index (χ3v) is 7.00. The molecule has 174 valence electrons. The van der Waals surface area contributed by atoms with Crippen molar-refractivity contribution in [2.24, 2.45) is 4.99 Å². The van der Waals surface area contributed by atoms with Crippen LogP contribution in [-0.2, 0) is 23.1 Å². The van der Waals surface area contributed by atoms with Crippen LogP contribution in [0.15, 0.2) is 71.1 Å². The number of benzene rings is 2. The van der Waals surface area contributed by atoms with E-state index < -0.39 is 10.0 Å². The van der Waals surface area contributed by atoms with Crippen LogP contribution >= 0.6 is 24.0 Å². The standard InChI is InChI=1S/C23H30N4O3S.HI/c1-3-16-30-22-9-5-4-8-20(22)18-26-23(24-2)25-17-19-10-12-21(13-11-19)31(28,29)27-14-6-7-15-27;/h3-5,8-13H,1,6-7,14-18H2,2H3,(H2,24,25,26);1H. The molecule has 32 heavy (non-hydrogen) atoms. The summed E-state index contributed by atoms with van der Waals surface area (Å²) in [6.07, 6.45) is 3.57. The lowest BCUT2D eigenvalue weighted by Crippen LogP contribution is -2.36. The molecule has 7 nitrogen and oxygen atoms in total. The zero-order valence-corrected chi connectivity index (χ0v) is 21.4. The van der Waals surface area contributed by atoms with Gasteiger partial charge in [-0.2, -0.15) is 4.31 Å². The van der Waals surface area contributed by atoms with Gasteiger partial charge in [-0.25, -0.2) is 8.42 Å². The average molecular weight is 570 g/mol. The van der Waals surface area contributed by atoms with Gasteiger partial charge in [-0.3, -0.25) is 4.99 Å². The highest BCUT2D eigenvalue weighted by molar-refractivity contribution is 14.0. The third kappa shape index (κ3) is 6.94. The zero-order chi connectivity index (χ0) is 22.1. The predicted octanol–water partition coefficient (Wildman–Crippen LogP) is 3.52. The maximum absolute atomic E-state index is 12.6. The molecule has 0 bridgehead atoms. The number of ether oxygens (including phenoxy) is 1. The Morgan fingerprint density at radius 3 is 2.41 bits per heavy atom. The van der Waals surface area contributed by atoms with Crippen molar-refractivity contribution in [3.63, 3.8) is 0 Å². The molecule has 0 spiro atoms. The number of rotatable bonds is 9.